The molecular weight excluding hydrogens is 432 g/mol. The number of nitrogens with zero attached hydrogens (tertiary/aromatic N) is 2. The third kappa shape index (κ3) is 4.06. The topological polar surface area (TPSA) is 79.7 Å². The summed E-state index contributed by atoms with van der Waals surface area (Å²) in [5.41, 5.74) is 1.63. The maximum atomic E-state index is 13.6. The largest absolute Gasteiger partial charge is 0.503 e. The van der Waals surface area contributed by atoms with Gasteiger partial charge in [-0.2, -0.15) is 0 Å². The van der Waals surface area contributed by atoms with Crippen LogP contribution in [-0.2, 0) is 9.53 Å². The zero-order valence-corrected chi connectivity index (χ0v) is 18.8. The first kappa shape index (κ1) is 21.4. The fourth-order valence-electron chi connectivity index (χ4n) is 3.67. The quantitative estimate of drug-likeness (QED) is 0.391. The number of ether oxygens (including phenoxy) is 1. The summed E-state index contributed by atoms with van der Waals surface area (Å²) in [6, 6.07) is 12.8. The maximum Gasteiger partial charge on any atom is 0.290 e. The van der Waals surface area contributed by atoms with Crippen LogP contribution in [0.4, 0.5) is 0 Å². The fraction of sp³-hybridized carbons (Fsp3) is 0.261. The number of aryl methyl sites for hydroxylation is 1. The molecule has 3 aromatic rings. The van der Waals surface area contributed by atoms with Gasteiger partial charge in [0.15, 0.2) is 5.76 Å². The standard InChI is InChI=1S/C23H22N2O4S2/c1-14-21(31-22(24-14)15-8-4-3-5-9-15)19(26)17-18(16-10-6-13-30-16)25(11-7-12-29-2)23(28)20(17)27/h3-6,8-10,13,18,27H,7,11-12H2,1-2H3. The highest BCUT2D eigenvalue weighted by Gasteiger charge is 2.44. The molecule has 1 aromatic carbocycles. The van der Waals surface area contributed by atoms with Gasteiger partial charge in [-0.1, -0.05) is 36.4 Å². The summed E-state index contributed by atoms with van der Waals surface area (Å²) in [6.45, 7) is 2.65. The number of Topliss-reactive ketones (excluding diaryl/α,β-unsaturated/α-hetero) is 1. The molecule has 31 heavy (non-hydrogen) atoms. The fourth-order valence-corrected chi connectivity index (χ4v) is 5.54. The molecule has 0 saturated carbocycles. The Labute approximate surface area is 188 Å². The summed E-state index contributed by atoms with van der Waals surface area (Å²) in [6.07, 6.45) is 0.608. The van der Waals surface area contributed by atoms with Gasteiger partial charge in [0, 0.05) is 30.7 Å². The molecule has 3 heterocycles. The Morgan fingerprint density at radius 1 is 1.23 bits per heavy atom. The molecule has 0 aliphatic carbocycles. The van der Waals surface area contributed by atoms with Crippen LogP contribution in [0.3, 0.4) is 0 Å². The molecule has 0 saturated heterocycles. The number of hydrogen-bond acceptors (Lipinski definition) is 7. The normalized spacial score (nSPS) is 16.4. The first-order chi connectivity index (χ1) is 15.0. The van der Waals surface area contributed by atoms with E-state index >= 15 is 0 Å². The van der Waals surface area contributed by atoms with Crippen LogP contribution in [-0.4, -0.2) is 46.9 Å². The lowest BCUT2D eigenvalue weighted by Crippen LogP contribution is -2.32. The Balaban J connectivity index is 1.72. The number of carbonyl (C=O) groups is 2. The molecule has 1 N–H and O–H groups in total. The molecule has 4 rings (SSSR count). The van der Waals surface area contributed by atoms with E-state index in [9.17, 15) is 14.7 Å². The summed E-state index contributed by atoms with van der Waals surface area (Å²) in [7, 11) is 1.60. The minimum absolute atomic E-state index is 0.122. The van der Waals surface area contributed by atoms with Gasteiger partial charge < -0.3 is 14.7 Å². The molecule has 8 heteroatoms. The highest BCUT2D eigenvalue weighted by molar-refractivity contribution is 7.17. The van der Waals surface area contributed by atoms with Crippen molar-refractivity contribution in [3.8, 4) is 10.6 Å². The first-order valence-electron chi connectivity index (χ1n) is 9.87. The number of thiophene rings is 1. The first-order valence-corrected chi connectivity index (χ1v) is 11.6. The Hall–Kier alpha value is -2.81. The second-order valence-corrected chi connectivity index (χ2v) is 9.13. The van der Waals surface area contributed by atoms with Crippen LogP contribution in [0.25, 0.3) is 10.6 Å². The molecule has 1 aliphatic rings. The van der Waals surface area contributed by atoms with Gasteiger partial charge >= 0.3 is 0 Å². The van der Waals surface area contributed by atoms with Crippen LogP contribution in [0.1, 0.15) is 32.7 Å². The van der Waals surface area contributed by atoms with Crippen molar-refractivity contribution in [1.82, 2.24) is 9.88 Å². The highest BCUT2D eigenvalue weighted by atomic mass is 32.1. The molecular formula is C23H22N2O4S2. The van der Waals surface area contributed by atoms with Crippen molar-refractivity contribution in [3.05, 3.63) is 74.6 Å². The molecule has 160 valence electrons. The third-order valence-electron chi connectivity index (χ3n) is 5.13. The lowest BCUT2D eigenvalue weighted by Gasteiger charge is -2.25. The van der Waals surface area contributed by atoms with E-state index < -0.39 is 17.7 Å². The molecule has 1 unspecified atom stereocenters. The van der Waals surface area contributed by atoms with Crippen molar-refractivity contribution in [3.63, 3.8) is 0 Å². The average Bonchev–Trinajstić information content (AvgIpc) is 3.49. The van der Waals surface area contributed by atoms with Gasteiger partial charge in [0.05, 0.1) is 22.2 Å². The summed E-state index contributed by atoms with van der Waals surface area (Å²) >= 11 is 2.74. The Morgan fingerprint density at radius 3 is 2.68 bits per heavy atom. The van der Waals surface area contributed by atoms with E-state index in [4.69, 9.17) is 4.74 Å². The minimum Gasteiger partial charge on any atom is -0.503 e. The smallest absolute Gasteiger partial charge is 0.290 e. The van der Waals surface area contributed by atoms with E-state index in [-0.39, 0.29) is 11.4 Å². The summed E-state index contributed by atoms with van der Waals surface area (Å²) in [5.74, 6) is -1.35. The molecule has 2 aromatic heterocycles. The number of hydrogen-bond donors (Lipinski definition) is 1. The molecule has 0 radical (unpaired) electrons. The summed E-state index contributed by atoms with van der Waals surface area (Å²) in [4.78, 5) is 33.9. The Morgan fingerprint density at radius 2 is 2.00 bits per heavy atom. The van der Waals surface area contributed by atoms with Gasteiger partial charge in [-0.15, -0.1) is 22.7 Å². The maximum absolute atomic E-state index is 13.6. The number of thiazole rings is 1. The highest BCUT2D eigenvalue weighted by Crippen LogP contribution is 2.42. The zero-order valence-electron chi connectivity index (χ0n) is 17.2. The van der Waals surface area contributed by atoms with Crippen LogP contribution in [0.5, 0.6) is 0 Å². The summed E-state index contributed by atoms with van der Waals surface area (Å²) in [5, 5.41) is 13.4. The van der Waals surface area contributed by atoms with Crippen LogP contribution in [0, 0.1) is 6.92 Å². The average molecular weight is 455 g/mol. The second-order valence-electron chi connectivity index (χ2n) is 7.15. The number of benzene rings is 1. The molecule has 0 spiro atoms. The van der Waals surface area contributed by atoms with Crippen molar-refractivity contribution in [1.29, 1.82) is 0 Å². The minimum atomic E-state index is -0.612. The number of aromatic nitrogens is 1. The predicted molar refractivity (Wildman–Crippen MR) is 122 cm³/mol. The summed E-state index contributed by atoms with van der Waals surface area (Å²) < 4.78 is 5.11. The number of ketones is 1. The van der Waals surface area contributed by atoms with Gasteiger partial charge in [0.25, 0.3) is 5.91 Å². The van der Waals surface area contributed by atoms with E-state index in [1.165, 1.54) is 22.7 Å². The van der Waals surface area contributed by atoms with Gasteiger partial charge in [-0.25, -0.2) is 4.98 Å². The second kappa shape index (κ2) is 9.13. The molecule has 1 aliphatic heterocycles. The van der Waals surface area contributed by atoms with Crippen LogP contribution < -0.4 is 0 Å². The Kier molecular flexibility index (Phi) is 6.31. The zero-order chi connectivity index (χ0) is 22.0. The van der Waals surface area contributed by atoms with Gasteiger partial charge in [-0.05, 0) is 24.8 Å². The SMILES string of the molecule is COCCCN1C(=O)C(O)=C(C(=O)c2sc(-c3ccccc3)nc2C)C1c1cccs1. The molecule has 6 nitrogen and oxygen atoms in total. The number of methoxy groups -OCH3 is 1. The van der Waals surface area contributed by atoms with Crippen molar-refractivity contribution in [2.75, 3.05) is 20.3 Å². The van der Waals surface area contributed by atoms with E-state index in [1.54, 1.807) is 18.9 Å². The van der Waals surface area contributed by atoms with Crippen molar-refractivity contribution in [2.45, 2.75) is 19.4 Å². The third-order valence-corrected chi connectivity index (χ3v) is 7.26. The number of amides is 1. The number of aliphatic hydroxyl groups is 1. The van der Waals surface area contributed by atoms with Crippen molar-refractivity contribution in [2.24, 2.45) is 0 Å². The lowest BCUT2D eigenvalue weighted by atomic mass is 10.0. The van der Waals surface area contributed by atoms with E-state index in [2.05, 4.69) is 4.98 Å². The lowest BCUT2D eigenvalue weighted by molar-refractivity contribution is -0.129. The number of carbonyl (C=O) groups excluding carboxylic acids is 2. The van der Waals surface area contributed by atoms with Gasteiger partial charge in [0.2, 0.25) is 5.78 Å². The van der Waals surface area contributed by atoms with Crippen molar-refractivity contribution >= 4 is 34.4 Å². The van der Waals surface area contributed by atoms with Crippen molar-refractivity contribution < 1.29 is 19.4 Å². The Bertz CT molecular complexity index is 1120. The van der Waals surface area contributed by atoms with Crippen LogP contribution >= 0.6 is 22.7 Å². The van der Waals surface area contributed by atoms with Crippen LogP contribution in [0.15, 0.2) is 59.2 Å². The molecule has 1 amide bonds. The van der Waals surface area contributed by atoms with E-state index in [0.717, 1.165) is 15.4 Å². The van der Waals surface area contributed by atoms with Crippen LogP contribution in [0.2, 0.25) is 0 Å². The molecule has 1 atom stereocenters. The number of aliphatic hydroxyl groups excluding tert-OH is 1. The predicted octanol–water partition coefficient (Wildman–Crippen LogP) is 4.79. The monoisotopic (exact) mass is 454 g/mol. The van der Waals surface area contributed by atoms with E-state index in [1.807, 2.05) is 47.8 Å². The van der Waals surface area contributed by atoms with E-state index in [0.29, 0.717) is 30.1 Å². The van der Waals surface area contributed by atoms with Gasteiger partial charge in [-0.3, -0.25) is 9.59 Å². The van der Waals surface area contributed by atoms with Gasteiger partial charge in [0.1, 0.15) is 5.01 Å². The molecule has 0 fully saturated rings. The number of rotatable bonds is 8. The molecule has 0 bridgehead atoms.